The molecule has 0 aliphatic heterocycles. The lowest BCUT2D eigenvalue weighted by molar-refractivity contribution is -0.137. The van der Waals surface area contributed by atoms with Crippen molar-refractivity contribution in [3.05, 3.63) is 108 Å². The van der Waals surface area contributed by atoms with Gasteiger partial charge in [-0.25, -0.2) is 0 Å². The summed E-state index contributed by atoms with van der Waals surface area (Å²) in [5.74, 6) is -2.29. The van der Waals surface area contributed by atoms with Crippen molar-refractivity contribution in [1.29, 1.82) is 0 Å². The lowest BCUT2D eigenvalue weighted by Gasteiger charge is -2.28. The summed E-state index contributed by atoms with van der Waals surface area (Å²) < 4.78 is 1.39. The van der Waals surface area contributed by atoms with E-state index in [0.29, 0.717) is 29.4 Å². The lowest BCUT2D eigenvalue weighted by Crippen LogP contribution is -2.59. The maximum absolute atomic E-state index is 14.1. The number of hydrogen-bond acceptors (Lipinski definition) is 6. The summed E-state index contributed by atoms with van der Waals surface area (Å²) in [6, 6.07) is 22.3. The largest absolute Gasteiger partial charge is 0.391 e. The summed E-state index contributed by atoms with van der Waals surface area (Å²) in [6.07, 6.45) is 1.13. The van der Waals surface area contributed by atoms with Gasteiger partial charge in [0.25, 0.3) is 0 Å². The number of para-hydroxylation sites is 1. The van der Waals surface area contributed by atoms with Crippen molar-refractivity contribution in [2.75, 3.05) is 7.05 Å². The van der Waals surface area contributed by atoms with Crippen LogP contribution in [-0.4, -0.2) is 75.9 Å². The number of hydrogen-bond donors (Lipinski definition) is 4. The van der Waals surface area contributed by atoms with Gasteiger partial charge >= 0.3 is 0 Å². The van der Waals surface area contributed by atoms with Gasteiger partial charge in [-0.05, 0) is 29.7 Å². The quantitative estimate of drug-likeness (QED) is 0.158. The minimum absolute atomic E-state index is 0.0440. The van der Waals surface area contributed by atoms with E-state index in [9.17, 15) is 29.1 Å². The molecular formula is C35H39N5O6. The molecule has 4 atom stereocenters. The van der Waals surface area contributed by atoms with E-state index in [2.05, 4.69) is 16.0 Å². The zero-order chi connectivity index (χ0) is 33.2. The molecule has 0 aliphatic rings. The highest BCUT2D eigenvalue weighted by atomic mass is 16.3. The van der Waals surface area contributed by atoms with Crippen LogP contribution in [0.3, 0.4) is 0 Å². The molecule has 4 rings (SSSR count). The highest BCUT2D eigenvalue weighted by Crippen LogP contribution is 2.22. The van der Waals surface area contributed by atoms with Gasteiger partial charge in [-0.2, -0.15) is 0 Å². The molecule has 1 heterocycles. The van der Waals surface area contributed by atoms with Gasteiger partial charge in [0.2, 0.25) is 30.0 Å². The molecule has 0 saturated carbocycles. The van der Waals surface area contributed by atoms with Crippen LogP contribution in [0.25, 0.3) is 10.9 Å². The van der Waals surface area contributed by atoms with Crippen molar-refractivity contribution >= 4 is 40.9 Å². The molecule has 3 aromatic carbocycles. The predicted octanol–water partition coefficient (Wildman–Crippen LogP) is 1.98. The minimum atomic E-state index is -1.33. The fraction of sp³-hybridized carbons (Fsp3) is 0.286. The Bertz CT molecular complexity index is 1670. The summed E-state index contributed by atoms with van der Waals surface area (Å²) in [5.41, 5.74) is 2.96. The molecule has 0 bridgehead atoms. The summed E-state index contributed by atoms with van der Waals surface area (Å²) in [7, 11) is 1.66. The van der Waals surface area contributed by atoms with Crippen molar-refractivity contribution in [3.8, 4) is 0 Å². The number of rotatable bonds is 14. The maximum Gasteiger partial charge on any atom is 0.245 e. The van der Waals surface area contributed by atoms with Crippen LogP contribution in [0, 0.1) is 0 Å². The number of likely N-dealkylation sites (N-methyl/N-ethyl adjacent to an activating group) is 1. The van der Waals surface area contributed by atoms with Crippen LogP contribution >= 0.6 is 0 Å². The van der Waals surface area contributed by atoms with Gasteiger partial charge in [-0.15, -0.1) is 0 Å². The molecule has 11 heteroatoms. The zero-order valence-corrected chi connectivity index (χ0v) is 26.1. The molecule has 0 radical (unpaired) electrons. The summed E-state index contributed by atoms with van der Waals surface area (Å²) >= 11 is 0. The van der Waals surface area contributed by atoms with E-state index in [1.165, 1.54) is 23.3 Å². The van der Waals surface area contributed by atoms with Crippen LogP contribution in [0.5, 0.6) is 0 Å². The third kappa shape index (κ3) is 8.66. The molecule has 1 aromatic heterocycles. The Balaban J connectivity index is 1.66. The van der Waals surface area contributed by atoms with Crippen LogP contribution in [0.15, 0.2) is 91.1 Å². The highest BCUT2D eigenvalue weighted by Gasteiger charge is 2.33. The molecule has 0 saturated heterocycles. The second-order valence-corrected chi connectivity index (χ2v) is 11.3. The monoisotopic (exact) mass is 625 g/mol. The van der Waals surface area contributed by atoms with Crippen molar-refractivity contribution < 1.29 is 29.1 Å². The SMILES string of the molecule is CC(=O)N[C@H](C(=O)N[C@H](Cc1cn(C=O)c2ccccc12)C(=O)N[C@@H](Cc1ccccc1)C(=O)N(C)Cc1ccccc1)[C@@H](C)O. The Morgan fingerprint density at radius 1 is 0.804 bits per heavy atom. The number of carbonyl (C=O) groups is 5. The third-order valence-corrected chi connectivity index (χ3v) is 7.65. The first-order chi connectivity index (χ1) is 22.1. The molecule has 0 spiro atoms. The average molecular weight is 626 g/mol. The number of benzene rings is 3. The first kappa shape index (κ1) is 33.6. The lowest BCUT2D eigenvalue weighted by atomic mass is 10.0. The van der Waals surface area contributed by atoms with E-state index in [1.807, 2.05) is 60.7 Å². The zero-order valence-electron chi connectivity index (χ0n) is 26.1. The van der Waals surface area contributed by atoms with Gasteiger partial charge in [-0.3, -0.25) is 28.5 Å². The first-order valence-electron chi connectivity index (χ1n) is 15.0. The first-order valence-corrected chi connectivity index (χ1v) is 15.0. The molecule has 46 heavy (non-hydrogen) atoms. The Hall–Kier alpha value is -5.29. The molecule has 240 valence electrons. The second kappa shape index (κ2) is 15.6. The summed E-state index contributed by atoms with van der Waals surface area (Å²) in [6.45, 7) is 2.88. The number of nitrogens with one attached hydrogen (secondary N) is 3. The maximum atomic E-state index is 14.1. The normalized spacial score (nSPS) is 13.6. The average Bonchev–Trinajstić information content (AvgIpc) is 3.40. The van der Waals surface area contributed by atoms with Crippen LogP contribution in [0.1, 0.15) is 30.5 Å². The van der Waals surface area contributed by atoms with E-state index in [1.54, 1.807) is 37.5 Å². The van der Waals surface area contributed by atoms with E-state index >= 15 is 0 Å². The van der Waals surface area contributed by atoms with Gasteiger partial charge in [0.05, 0.1) is 11.6 Å². The summed E-state index contributed by atoms with van der Waals surface area (Å²) in [4.78, 5) is 66.4. The van der Waals surface area contributed by atoms with Crippen molar-refractivity contribution in [2.24, 2.45) is 0 Å². The topological polar surface area (TPSA) is 150 Å². The van der Waals surface area contributed by atoms with E-state index in [0.717, 1.165) is 11.1 Å². The molecule has 0 unspecified atom stereocenters. The highest BCUT2D eigenvalue weighted by molar-refractivity contribution is 5.95. The number of nitrogens with zero attached hydrogens (tertiary/aromatic N) is 2. The van der Waals surface area contributed by atoms with E-state index in [4.69, 9.17) is 0 Å². The number of aliphatic hydroxyl groups excluding tert-OH is 1. The van der Waals surface area contributed by atoms with E-state index < -0.39 is 42.0 Å². The Morgan fingerprint density at radius 2 is 1.39 bits per heavy atom. The number of amides is 4. The molecule has 4 aromatic rings. The predicted molar refractivity (Wildman–Crippen MR) is 174 cm³/mol. The van der Waals surface area contributed by atoms with Crippen molar-refractivity contribution in [2.45, 2.75) is 57.5 Å². The number of carbonyl (C=O) groups excluding carboxylic acids is 5. The molecule has 0 aliphatic carbocycles. The smallest absolute Gasteiger partial charge is 0.245 e. The van der Waals surface area contributed by atoms with Crippen LogP contribution in [-0.2, 0) is 43.4 Å². The number of aliphatic hydroxyl groups is 1. The summed E-state index contributed by atoms with van der Waals surface area (Å²) in [5, 5.41) is 18.9. The molecule has 11 nitrogen and oxygen atoms in total. The molecule has 4 N–H and O–H groups in total. The molecule has 4 amide bonds. The van der Waals surface area contributed by atoms with Gasteiger partial charge in [0.1, 0.15) is 18.1 Å². The second-order valence-electron chi connectivity index (χ2n) is 11.3. The Kier molecular flexibility index (Phi) is 11.4. The fourth-order valence-electron chi connectivity index (χ4n) is 5.37. The Morgan fingerprint density at radius 3 is 2.00 bits per heavy atom. The third-order valence-electron chi connectivity index (χ3n) is 7.65. The van der Waals surface area contributed by atoms with Gasteiger partial charge in [-0.1, -0.05) is 78.9 Å². The van der Waals surface area contributed by atoms with E-state index in [-0.39, 0.29) is 18.7 Å². The fourth-order valence-corrected chi connectivity index (χ4v) is 5.37. The van der Waals surface area contributed by atoms with Gasteiger partial charge < -0.3 is 26.0 Å². The van der Waals surface area contributed by atoms with Crippen LogP contribution in [0.4, 0.5) is 0 Å². The van der Waals surface area contributed by atoms with Crippen molar-refractivity contribution in [1.82, 2.24) is 25.4 Å². The number of fused-ring (bicyclic) bond motifs is 1. The van der Waals surface area contributed by atoms with Gasteiger partial charge in [0, 0.05) is 44.9 Å². The van der Waals surface area contributed by atoms with Crippen molar-refractivity contribution in [3.63, 3.8) is 0 Å². The Labute approximate surface area is 267 Å². The molecular weight excluding hydrogens is 586 g/mol. The minimum Gasteiger partial charge on any atom is -0.391 e. The molecule has 0 fully saturated rings. The standard InChI is InChI=1S/C35H39N5O6/c1-23(42)32(36-24(2)43)34(45)37-29(19-27-21-40(22-41)31-17-11-10-16-28(27)31)33(44)38-30(18-25-12-6-4-7-13-25)35(46)39(3)20-26-14-8-5-9-15-26/h4-17,21-23,29-30,32,42H,18-20H2,1-3H3,(H,36,43)(H,37,45)(H,38,44)/t23-,29-,30+,32+/m1/s1. The van der Waals surface area contributed by atoms with Crippen LogP contribution in [0.2, 0.25) is 0 Å². The van der Waals surface area contributed by atoms with Gasteiger partial charge in [0.15, 0.2) is 0 Å². The number of aromatic nitrogens is 1. The van der Waals surface area contributed by atoms with Crippen LogP contribution < -0.4 is 16.0 Å².